The molecule has 1 N–H and O–H groups in total. The lowest BCUT2D eigenvalue weighted by Crippen LogP contribution is -2.47. The SMILES string of the molecule is CC1(C)C2CNCC2CN1S(=O)(=O)Cc1ccc(F)cc1. The van der Waals surface area contributed by atoms with E-state index in [9.17, 15) is 12.8 Å². The minimum atomic E-state index is -3.39. The molecule has 3 rings (SSSR count). The lowest BCUT2D eigenvalue weighted by atomic mass is 9.85. The van der Waals surface area contributed by atoms with Gasteiger partial charge < -0.3 is 5.32 Å². The Kier molecular flexibility index (Phi) is 3.58. The monoisotopic (exact) mass is 312 g/mol. The van der Waals surface area contributed by atoms with Gasteiger partial charge in [0.05, 0.1) is 5.75 Å². The molecule has 0 amide bonds. The first-order valence-electron chi connectivity index (χ1n) is 7.26. The van der Waals surface area contributed by atoms with Gasteiger partial charge in [0.25, 0.3) is 0 Å². The number of rotatable bonds is 3. The van der Waals surface area contributed by atoms with Gasteiger partial charge in [0.15, 0.2) is 0 Å². The van der Waals surface area contributed by atoms with Crippen LogP contribution in [0.15, 0.2) is 24.3 Å². The van der Waals surface area contributed by atoms with Crippen LogP contribution in [0.1, 0.15) is 19.4 Å². The van der Waals surface area contributed by atoms with Gasteiger partial charge in [0.2, 0.25) is 10.0 Å². The molecule has 0 radical (unpaired) electrons. The maximum atomic E-state index is 12.9. The molecule has 0 aliphatic carbocycles. The van der Waals surface area contributed by atoms with Crippen LogP contribution >= 0.6 is 0 Å². The molecule has 0 spiro atoms. The molecule has 0 saturated carbocycles. The predicted molar refractivity (Wildman–Crippen MR) is 79.7 cm³/mol. The molecule has 2 aliphatic rings. The Hall–Kier alpha value is -0.980. The fraction of sp³-hybridized carbons (Fsp3) is 0.600. The Bertz CT molecular complexity index is 628. The Labute approximate surface area is 125 Å². The molecule has 1 aromatic carbocycles. The van der Waals surface area contributed by atoms with E-state index < -0.39 is 10.0 Å². The lowest BCUT2D eigenvalue weighted by molar-refractivity contribution is 0.233. The average Bonchev–Trinajstić information content (AvgIpc) is 2.95. The molecule has 0 aromatic heterocycles. The van der Waals surface area contributed by atoms with Crippen LogP contribution in [0.25, 0.3) is 0 Å². The fourth-order valence-electron chi connectivity index (χ4n) is 3.73. The van der Waals surface area contributed by atoms with Gasteiger partial charge in [0, 0.05) is 18.6 Å². The predicted octanol–water partition coefficient (Wildman–Crippen LogP) is 1.59. The number of benzene rings is 1. The first-order chi connectivity index (χ1) is 9.80. The highest BCUT2D eigenvalue weighted by atomic mass is 32.2. The van der Waals surface area contributed by atoms with Crippen molar-refractivity contribution in [1.29, 1.82) is 0 Å². The van der Waals surface area contributed by atoms with E-state index in [1.54, 1.807) is 16.4 Å². The van der Waals surface area contributed by atoms with Crippen LogP contribution < -0.4 is 5.32 Å². The van der Waals surface area contributed by atoms with Gasteiger partial charge in [-0.05, 0) is 49.9 Å². The first kappa shape index (κ1) is 14.9. The van der Waals surface area contributed by atoms with Crippen LogP contribution in [-0.2, 0) is 15.8 Å². The van der Waals surface area contributed by atoms with E-state index in [1.165, 1.54) is 12.1 Å². The number of nitrogens with zero attached hydrogens (tertiary/aromatic N) is 1. The Morgan fingerprint density at radius 2 is 1.95 bits per heavy atom. The second-order valence-corrected chi connectivity index (χ2v) is 8.49. The normalized spacial score (nSPS) is 28.7. The minimum absolute atomic E-state index is 0.0659. The van der Waals surface area contributed by atoms with E-state index in [-0.39, 0.29) is 17.1 Å². The first-order valence-corrected chi connectivity index (χ1v) is 8.87. The quantitative estimate of drug-likeness (QED) is 0.922. The van der Waals surface area contributed by atoms with Crippen molar-refractivity contribution in [3.8, 4) is 0 Å². The van der Waals surface area contributed by atoms with Crippen LogP contribution in [0.2, 0.25) is 0 Å². The largest absolute Gasteiger partial charge is 0.316 e. The van der Waals surface area contributed by atoms with Crippen molar-refractivity contribution >= 4 is 10.0 Å². The van der Waals surface area contributed by atoms with Gasteiger partial charge in [-0.25, -0.2) is 12.8 Å². The van der Waals surface area contributed by atoms with Crippen molar-refractivity contribution in [3.63, 3.8) is 0 Å². The molecule has 116 valence electrons. The second kappa shape index (κ2) is 5.04. The van der Waals surface area contributed by atoms with Gasteiger partial charge in [-0.1, -0.05) is 12.1 Å². The molecule has 1 aromatic rings. The molecule has 2 aliphatic heterocycles. The number of halogens is 1. The molecular formula is C15H21FN2O2S. The molecule has 2 heterocycles. The topological polar surface area (TPSA) is 49.4 Å². The Morgan fingerprint density at radius 3 is 2.57 bits per heavy atom. The molecule has 2 atom stereocenters. The van der Waals surface area contributed by atoms with E-state index in [2.05, 4.69) is 5.32 Å². The summed E-state index contributed by atoms with van der Waals surface area (Å²) in [6, 6.07) is 5.69. The van der Waals surface area contributed by atoms with Crippen molar-refractivity contribution in [2.24, 2.45) is 11.8 Å². The zero-order valence-electron chi connectivity index (χ0n) is 12.3. The maximum absolute atomic E-state index is 12.9. The highest BCUT2D eigenvalue weighted by Gasteiger charge is 2.53. The number of hydrogen-bond acceptors (Lipinski definition) is 3. The van der Waals surface area contributed by atoms with Crippen LogP contribution in [0.5, 0.6) is 0 Å². The van der Waals surface area contributed by atoms with Crippen LogP contribution in [0.4, 0.5) is 4.39 Å². The third kappa shape index (κ3) is 2.60. The lowest BCUT2D eigenvalue weighted by Gasteiger charge is -2.34. The van der Waals surface area contributed by atoms with Crippen molar-refractivity contribution in [1.82, 2.24) is 9.62 Å². The summed E-state index contributed by atoms with van der Waals surface area (Å²) >= 11 is 0. The summed E-state index contributed by atoms with van der Waals surface area (Å²) < 4.78 is 40.1. The average molecular weight is 312 g/mol. The molecule has 21 heavy (non-hydrogen) atoms. The van der Waals surface area contributed by atoms with Crippen LogP contribution in [-0.4, -0.2) is 37.9 Å². The summed E-state index contributed by atoms with van der Waals surface area (Å²) in [7, 11) is -3.39. The van der Waals surface area contributed by atoms with Crippen molar-refractivity contribution in [2.75, 3.05) is 19.6 Å². The zero-order valence-corrected chi connectivity index (χ0v) is 13.2. The van der Waals surface area contributed by atoms with Crippen LogP contribution in [0.3, 0.4) is 0 Å². The van der Waals surface area contributed by atoms with Gasteiger partial charge in [0.1, 0.15) is 5.82 Å². The standard InChI is InChI=1S/C15H21FN2O2S/c1-15(2)14-8-17-7-12(14)9-18(15)21(19,20)10-11-3-5-13(16)6-4-11/h3-6,12,14,17H,7-10H2,1-2H3. The van der Waals surface area contributed by atoms with E-state index >= 15 is 0 Å². The second-order valence-electron chi connectivity index (χ2n) is 6.59. The van der Waals surface area contributed by atoms with Crippen LogP contribution in [0, 0.1) is 17.7 Å². The Balaban J connectivity index is 1.83. The van der Waals surface area contributed by atoms with Gasteiger partial charge in [-0.2, -0.15) is 4.31 Å². The summed E-state index contributed by atoms with van der Waals surface area (Å²) in [5, 5.41) is 3.34. The maximum Gasteiger partial charge on any atom is 0.218 e. The smallest absolute Gasteiger partial charge is 0.218 e. The molecule has 6 heteroatoms. The third-order valence-corrected chi connectivity index (χ3v) is 6.88. The molecule has 2 saturated heterocycles. The number of fused-ring (bicyclic) bond motifs is 1. The van der Waals surface area contributed by atoms with E-state index in [0.29, 0.717) is 23.9 Å². The summed E-state index contributed by atoms with van der Waals surface area (Å²) in [4.78, 5) is 0. The van der Waals surface area contributed by atoms with E-state index in [0.717, 1.165) is 13.1 Å². The van der Waals surface area contributed by atoms with Crippen molar-refractivity contribution in [2.45, 2.75) is 25.1 Å². The zero-order chi connectivity index (χ0) is 15.3. The van der Waals surface area contributed by atoms with E-state index in [4.69, 9.17) is 0 Å². The minimum Gasteiger partial charge on any atom is -0.316 e. The van der Waals surface area contributed by atoms with Gasteiger partial charge in [-0.15, -0.1) is 0 Å². The number of hydrogen-bond donors (Lipinski definition) is 1. The third-order valence-electron chi connectivity index (χ3n) is 4.89. The fourth-order valence-corrected chi connectivity index (χ4v) is 5.77. The Morgan fingerprint density at radius 1 is 1.29 bits per heavy atom. The van der Waals surface area contributed by atoms with Crippen molar-refractivity contribution < 1.29 is 12.8 Å². The summed E-state index contributed by atoms with van der Waals surface area (Å²) in [5.74, 6) is 0.338. The molecule has 4 nitrogen and oxygen atoms in total. The molecule has 2 fully saturated rings. The van der Waals surface area contributed by atoms with Gasteiger partial charge in [-0.3, -0.25) is 0 Å². The highest BCUT2D eigenvalue weighted by Crippen LogP contribution is 2.42. The molecular weight excluding hydrogens is 291 g/mol. The molecule has 2 unspecified atom stereocenters. The molecule has 0 bridgehead atoms. The summed E-state index contributed by atoms with van der Waals surface area (Å²) in [5.41, 5.74) is 0.259. The summed E-state index contributed by atoms with van der Waals surface area (Å²) in [6.07, 6.45) is 0. The number of nitrogens with one attached hydrogen (secondary N) is 1. The summed E-state index contributed by atoms with van der Waals surface area (Å²) in [6.45, 7) is 6.35. The van der Waals surface area contributed by atoms with Gasteiger partial charge >= 0.3 is 0 Å². The van der Waals surface area contributed by atoms with E-state index in [1.807, 2.05) is 13.8 Å². The highest BCUT2D eigenvalue weighted by molar-refractivity contribution is 7.88. The van der Waals surface area contributed by atoms with Crippen molar-refractivity contribution in [3.05, 3.63) is 35.6 Å². The number of sulfonamides is 1.